The van der Waals surface area contributed by atoms with E-state index in [9.17, 15) is 4.79 Å². The van der Waals surface area contributed by atoms with Crippen molar-refractivity contribution in [3.05, 3.63) is 29.3 Å². The number of rotatable bonds is 4. The van der Waals surface area contributed by atoms with Crippen molar-refractivity contribution in [1.82, 2.24) is 5.32 Å². The Morgan fingerprint density at radius 2 is 2.19 bits per heavy atom. The van der Waals surface area contributed by atoms with E-state index in [0.29, 0.717) is 12.6 Å². The molecule has 0 unspecified atom stereocenters. The van der Waals surface area contributed by atoms with Gasteiger partial charge < -0.3 is 10.6 Å². The zero-order valence-electron chi connectivity index (χ0n) is 9.84. The van der Waals surface area contributed by atoms with E-state index in [0.717, 1.165) is 16.8 Å². The molecular weight excluding hydrogens is 200 g/mol. The molecule has 0 radical (unpaired) electrons. The largest absolute Gasteiger partial charge is 0.382 e. The van der Waals surface area contributed by atoms with Gasteiger partial charge in [-0.1, -0.05) is 0 Å². The van der Waals surface area contributed by atoms with Gasteiger partial charge in [0.25, 0.3) is 5.91 Å². The second-order valence-corrected chi connectivity index (χ2v) is 4.31. The van der Waals surface area contributed by atoms with Crippen LogP contribution in [0.2, 0.25) is 0 Å². The van der Waals surface area contributed by atoms with E-state index in [1.807, 2.05) is 32.0 Å². The second-order valence-electron chi connectivity index (χ2n) is 4.31. The van der Waals surface area contributed by atoms with Gasteiger partial charge >= 0.3 is 0 Å². The van der Waals surface area contributed by atoms with Crippen molar-refractivity contribution in [3.8, 4) is 0 Å². The molecule has 0 bridgehead atoms. The SMILES string of the molecule is CCNC(=O)c1ccc(NC2CC2)c(C)c1. The summed E-state index contributed by atoms with van der Waals surface area (Å²) < 4.78 is 0. The zero-order chi connectivity index (χ0) is 11.5. The molecule has 0 aliphatic heterocycles. The number of aryl methyl sites for hydroxylation is 1. The van der Waals surface area contributed by atoms with Crippen LogP contribution < -0.4 is 10.6 Å². The summed E-state index contributed by atoms with van der Waals surface area (Å²) >= 11 is 0. The Morgan fingerprint density at radius 1 is 1.44 bits per heavy atom. The quantitative estimate of drug-likeness (QED) is 0.814. The Labute approximate surface area is 96.2 Å². The smallest absolute Gasteiger partial charge is 0.251 e. The van der Waals surface area contributed by atoms with E-state index in [-0.39, 0.29) is 5.91 Å². The summed E-state index contributed by atoms with van der Waals surface area (Å²) in [5.41, 5.74) is 3.02. The van der Waals surface area contributed by atoms with Gasteiger partial charge in [-0.15, -0.1) is 0 Å². The minimum Gasteiger partial charge on any atom is -0.382 e. The average Bonchev–Trinajstić information content (AvgIpc) is 3.05. The highest BCUT2D eigenvalue weighted by Crippen LogP contribution is 2.26. The molecule has 1 aromatic rings. The third-order valence-corrected chi connectivity index (χ3v) is 2.76. The van der Waals surface area contributed by atoms with E-state index < -0.39 is 0 Å². The van der Waals surface area contributed by atoms with E-state index in [2.05, 4.69) is 10.6 Å². The Bertz CT molecular complexity index is 397. The molecule has 2 rings (SSSR count). The Balaban J connectivity index is 2.11. The molecule has 1 aliphatic rings. The molecule has 86 valence electrons. The Kier molecular flexibility index (Phi) is 3.13. The fourth-order valence-electron chi connectivity index (χ4n) is 1.68. The van der Waals surface area contributed by atoms with Crippen LogP contribution in [0.5, 0.6) is 0 Å². The fourth-order valence-corrected chi connectivity index (χ4v) is 1.68. The molecular formula is C13H18N2O. The summed E-state index contributed by atoms with van der Waals surface area (Å²) in [5.74, 6) is 0.00331. The van der Waals surface area contributed by atoms with Gasteiger partial charge in [0.2, 0.25) is 0 Å². The lowest BCUT2D eigenvalue weighted by molar-refractivity contribution is 0.0956. The molecule has 2 N–H and O–H groups in total. The van der Waals surface area contributed by atoms with Gasteiger partial charge in [0.1, 0.15) is 0 Å². The molecule has 0 saturated heterocycles. The summed E-state index contributed by atoms with van der Waals surface area (Å²) in [6.45, 7) is 4.63. The molecule has 3 nitrogen and oxygen atoms in total. The molecule has 1 saturated carbocycles. The molecule has 16 heavy (non-hydrogen) atoms. The van der Waals surface area contributed by atoms with E-state index in [4.69, 9.17) is 0 Å². The van der Waals surface area contributed by atoms with Crippen molar-refractivity contribution in [2.24, 2.45) is 0 Å². The molecule has 0 aromatic heterocycles. The van der Waals surface area contributed by atoms with E-state index in [1.165, 1.54) is 12.8 Å². The standard InChI is InChI=1S/C13H18N2O/c1-3-14-13(16)10-4-7-12(9(2)8-10)15-11-5-6-11/h4,7-8,11,15H,3,5-6H2,1-2H3,(H,14,16). The van der Waals surface area contributed by atoms with Crippen molar-refractivity contribution in [1.29, 1.82) is 0 Å². The van der Waals surface area contributed by atoms with Crippen molar-refractivity contribution < 1.29 is 4.79 Å². The first-order chi connectivity index (χ1) is 7.70. The predicted octanol–water partition coefficient (Wildman–Crippen LogP) is 2.32. The second kappa shape index (κ2) is 4.56. The molecule has 1 fully saturated rings. The monoisotopic (exact) mass is 218 g/mol. The summed E-state index contributed by atoms with van der Waals surface area (Å²) in [5, 5.41) is 6.25. The number of hydrogen-bond acceptors (Lipinski definition) is 2. The van der Waals surface area contributed by atoms with Crippen LogP contribution in [0.1, 0.15) is 35.7 Å². The summed E-state index contributed by atoms with van der Waals surface area (Å²) in [4.78, 5) is 11.6. The van der Waals surface area contributed by atoms with Gasteiger partial charge in [-0.25, -0.2) is 0 Å². The van der Waals surface area contributed by atoms with E-state index in [1.54, 1.807) is 0 Å². The number of hydrogen-bond donors (Lipinski definition) is 2. The van der Waals surface area contributed by atoms with Crippen LogP contribution in [-0.2, 0) is 0 Å². The van der Waals surface area contributed by atoms with Crippen molar-refractivity contribution >= 4 is 11.6 Å². The Morgan fingerprint density at radius 3 is 2.75 bits per heavy atom. The van der Waals surface area contributed by atoms with Crippen LogP contribution in [0.15, 0.2) is 18.2 Å². The van der Waals surface area contributed by atoms with Gasteiger partial charge in [-0.2, -0.15) is 0 Å². The lowest BCUT2D eigenvalue weighted by atomic mass is 10.1. The first-order valence-electron chi connectivity index (χ1n) is 5.86. The summed E-state index contributed by atoms with van der Waals surface area (Å²) in [6, 6.07) is 6.46. The van der Waals surface area contributed by atoms with Gasteiger partial charge in [-0.05, 0) is 50.5 Å². The van der Waals surface area contributed by atoms with Crippen LogP contribution in [0.4, 0.5) is 5.69 Å². The first-order valence-corrected chi connectivity index (χ1v) is 5.86. The zero-order valence-corrected chi connectivity index (χ0v) is 9.84. The van der Waals surface area contributed by atoms with Crippen molar-refractivity contribution in [2.45, 2.75) is 32.7 Å². The minimum atomic E-state index is 0.00331. The van der Waals surface area contributed by atoms with Gasteiger partial charge in [0, 0.05) is 23.8 Å². The predicted molar refractivity (Wildman–Crippen MR) is 65.8 cm³/mol. The number of benzene rings is 1. The van der Waals surface area contributed by atoms with Crippen LogP contribution >= 0.6 is 0 Å². The maximum atomic E-state index is 11.6. The third-order valence-electron chi connectivity index (χ3n) is 2.76. The molecule has 0 heterocycles. The van der Waals surface area contributed by atoms with Crippen molar-refractivity contribution in [3.63, 3.8) is 0 Å². The molecule has 3 heteroatoms. The number of nitrogens with one attached hydrogen (secondary N) is 2. The molecule has 1 aromatic carbocycles. The van der Waals surface area contributed by atoms with Crippen LogP contribution in [0.3, 0.4) is 0 Å². The number of anilines is 1. The van der Waals surface area contributed by atoms with Crippen LogP contribution in [0, 0.1) is 6.92 Å². The highest BCUT2D eigenvalue weighted by molar-refractivity contribution is 5.94. The third kappa shape index (κ3) is 2.54. The topological polar surface area (TPSA) is 41.1 Å². The Hall–Kier alpha value is -1.51. The molecule has 1 amide bonds. The lowest BCUT2D eigenvalue weighted by Crippen LogP contribution is -2.22. The van der Waals surface area contributed by atoms with Crippen LogP contribution in [0.25, 0.3) is 0 Å². The minimum absolute atomic E-state index is 0.00331. The average molecular weight is 218 g/mol. The molecule has 1 aliphatic carbocycles. The van der Waals surface area contributed by atoms with Gasteiger partial charge in [0.15, 0.2) is 0 Å². The number of amides is 1. The lowest BCUT2D eigenvalue weighted by Gasteiger charge is -2.10. The normalized spacial score (nSPS) is 14.6. The maximum Gasteiger partial charge on any atom is 0.251 e. The van der Waals surface area contributed by atoms with Gasteiger partial charge in [-0.3, -0.25) is 4.79 Å². The maximum absolute atomic E-state index is 11.6. The van der Waals surface area contributed by atoms with Gasteiger partial charge in [0.05, 0.1) is 0 Å². The highest BCUT2D eigenvalue weighted by atomic mass is 16.1. The number of carbonyl (C=O) groups is 1. The summed E-state index contributed by atoms with van der Waals surface area (Å²) in [7, 11) is 0. The fraction of sp³-hybridized carbons (Fsp3) is 0.462. The highest BCUT2D eigenvalue weighted by Gasteiger charge is 2.21. The van der Waals surface area contributed by atoms with E-state index >= 15 is 0 Å². The summed E-state index contributed by atoms with van der Waals surface area (Å²) in [6.07, 6.45) is 2.52. The first kappa shape index (κ1) is 11.0. The van der Waals surface area contributed by atoms with Crippen LogP contribution in [-0.4, -0.2) is 18.5 Å². The number of carbonyl (C=O) groups excluding carboxylic acids is 1. The molecule has 0 atom stereocenters. The van der Waals surface area contributed by atoms with Crippen molar-refractivity contribution in [2.75, 3.05) is 11.9 Å². The molecule has 0 spiro atoms.